The Bertz CT molecular complexity index is 1250. The van der Waals surface area contributed by atoms with Crippen LogP contribution in [0.5, 0.6) is 5.75 Å². The third kappa shape index (κ3) is 15.9. The van der Waals surface area contributed by atoms with E-state index >= 15 is 0 Å². The first-order valence-corrected chi connectivity index (χ1v) is 13.9. The maximum atomic E-state index is 13.0. The van der Waals surface area contributed by atoms with E-state index in [2.05, 4.69) is 21.3 Å². The molecule has 0 bridgehead atoms. The summed E-state index contributed by atoms with van der Waals surface area (Å²) in [5.41, 5.74) is 12.8. The summed E-state index contributed by atoms with van der Waals surface area (Å²) in [6, 6.07) is 12.4. The molecular formula is C30H42N6O8. The van der Waals surface area contributed by atoms with Crippen LogP contribution in [0.4, 0.5) is 0 Å². The number of amides is 5. The van der Waals surface area contributed by atoms with Gasteiger partial charge in [-0.15, -0.1) is 0 Å². The summed E-state index contributed by atoms with van der Waals surface area (Å²) < 4.78 is 0. The first-order valence-electron chi connectivity index (χ1n) is 13.9. The van der Waals surface area contributed by atoms with Crippen LogP contribution in [0.2, 0.25) is 0 Å². The lowest BCUT2D eigenvalue weighted by Gasteiger charge is -2.23. The summed E-state index contributed by atoms with van der Waals surface area (Å²) in [6.07, 6.45) is 0.691. The van der Waals surface area contributed by atoms with Crippen molar-refractivity contribution in [3.05, 3.63) is 65.7 Å². The van der Waals surface area contributed by atoms with Gasteiger partial charge in [0.2, 0.25) is 29.5 Å². The number of aromatic hydroxyl groups is 1. The van der Waals surface area contributed by atoms with E-state index < -0.39 is 66.7 Å². The lowest BCUT2D eigenvalue weighted by Crippen LogP contribution is -2.55. The smallest absolute Gasteiger partial charge is 0.300 e. The molecule has 0 spiro atoms. The van der Waals surface area contributed by atoms with Crippen LogP contribution in [0, 0.1) is 5.92 Å². The molecule has 0 unspecified atom stereocenters. The van der Waals surface area contributed by atoms with Crippen LogP contribution >= 0.6 is 0 Å². The number of phenolic OH excluding ortho intramolecular Hbond substituents is 1. The Hall–Kier alpha value is -4.98. The molecule has 0 aliphatic heterocycles. The molecule has 0 aliphatic rings. The van der Waals surface area contributed by atoms with Gasteiger partial charge in [-0.3, -0.25) is 28.8 Å². The first kappa shape index (κ1) is 37.0. The summed E-state index contributed by atoms with van der Waals surface area (Å²) in [7, 11) is 0. The Morgan fingerprint density at radius 1 is 0.750 bits per heavy atom. The Kier molecular flexibility index (Phi) is 16.2. The van der Waals surface area contributed by atoms with E-state index in [-0.39, 0.29) is 24.5 Å². The normalized spacial score (nSPS) is 12.4. The van der Waals surface area contributed by atoms with Crippen molar-refractivity contribution < 1.29 is 39.0 Å². The summed E-state index contributed by atoms with van der Waals surface area (Å²) >= 11 is 0. The molecule has 3 atom stereocenters. The van der Waals surface area contributed by atoms with Crippen LogP contribution in [0.3, 0.4) is 0 Å². The lowest BCUT2D eigenvalue weighted by atomic mass is 10.0. The summed E-state index contributed by atoms with van der Waals surface area (Å²) in [6.45, 7) is 4.01. The number of primary amides is 1. The monoisotopic (exact) mass is 614 g/mol. The number of hydrogen-bond donors (Lipinski definition) is 8. The molecule has 240 valence electrons. The van der Waals surface area contributed by atoms with E-state index in [4.69, 9.17) is 21.4 Å². The van der Waals surface area contributed by atoms with Crippen LogP contribution in [0.15, 0.2) is 54.6 Å². The van der Waals surface area contributed by atoms with E-state index in [9.17, 15) is 29.1 Å². The highest BCUT2D eigenvalue weighted by Crippen LogP contribution is 2.11. The van der Waals surface area contributed by atoms with Gasteiger partial charge in [-0.05, 0) is 42.0 Å². The molecule has 44 heavy (non-hydrogen) atoms. The molecule has 10 N–H and O–H groups in total. The van der Waals surface area contributed by atoms with Gasteiger partial charge in [0.1, 0.15) is 17.8 Å². The van der Waals surface area contributed by atoms with Crippen molar-refractivity contribution in [3.63, 3.8) is 0 Å². The number of hydrogen-bond acceptors (Lipinski definition) is 8. The minimum absolute atomic E-state index is 0.0930. The topological polar surface area (TPSA) is 243 Å². The molecule has 0 fully saturated rings. The van der Waals surface area contributed by atoms with E-state index in [0.29, 0.717) is 6.42 Å². The molecule has 14 nitrogen and oxygen atoms in total. The predicted octanol–water partition coefficient (Wildman–Crippen LogP) is -0.671. The average molecular weight is 615 g/mol. The summed E-state index contributed by atoms with van der Waals surface area (Å²) in [4.78, 5) is 70.9. The number of nitrogens with one attached hydrogen (secondary N) is 4. The van der Waals surface area contributed by atoms with Crippen LogP contribution in [0.1, 0.15) is 38.3 Å². The molecule has 0 aliphatic carbocycles. The maximum absolute atomic E-state index is 13.0. The van der Waals surface area contributed by atoms with Crippen molar-refractivity contribution in [2.45, 2.75) is 58.2 Å². The third-order valence-electron chi connectivity index (χ3n) is 5.90. The second kappa shape index (κ2) is 19.3. The van der Waals surface area contributed by atoms with Gasteiger partial charge in [0.05, 0.1) is 19.1 Å². The van der Waals surface area contributed by atoms with Gasteiger partial charge in [0.15, 0.2) is 0 Å². The Balaban J connectivity index is 0.00000227. The maximum Gasteiger partial charge on any atom is 0.300 e. The fourth-order valence-electron chi connectivity index (χ4n) is 3.81. The summed E-state index contributed by atoms with van der Waals surface area (Å²) in [5.74, 6) is -3.73. The summed E-state index contributed by atoms with van der Waals surface area (Å²) in [5, 5.41) is 26.8. The van der Waals surface area contributed by atoms with Crippen molar-refractivity contribution >= 4 is 35.5 Å². The highest BCUT2D eigenvalue weighted by Gasteiger charge is 2.26. The number of rotatable bonds is 15. The van der Waals surface area contributed by atoms with Gasteiger partial charge in [-0.1, -0.05) is 56.3 Å². The number of carbonyl (C=O) groups excluding carboxylic acids is 5. The quantitative estimate of drug-likeness (QED) is 0.127. The molecule has 14 heteroatoms. The number of phenols is 1. The van der Waals surface area contributed by atoms with Gasteiger partial charge >= 0.3 is 0 Å². The molecule has 0 radical (unpaired) electrons. The highest BCUT2D eigenvalue weighted by atomic mass is 16.4. The number of benzene rings is 2. The predicted molar refractivity (Wildman–Crippen MR) is 162 cm³/mol. The zero-order chi connectivity index (χ0) is 33.2. The number of carboxylic acid groups (broad SMARTS) is 1. The Labute approximate surface area is 256 Å². The SMILES string of the molecule is CC(=O)O.CC(C)C[C@H](NC(=O)[C@H](Cc1ccccc1)NC(=O)CNC(=O)CNC(=O)[C@@H](N)Cc1ccc(O)cc1)C(N)=O. The van der Waals surface area contributed by atoms with Crippen molar-refractivity contribution in [3.8, 4) is 5.75 Å². The second-order valence-corrected chi connectivity index (χ2v) is 10.4. The Morgan fingerprint density at radius 3 is 1.84 bits per heavy atom. The van der Waals surface area contributed by atoms with E-state index in [1.165, 1.54) is 12.1 Å². The highest BCUT2D eigenvalue weighted by molar-refractivity contribution is 5.93. The molecule has 0 saturated carbocycles. The number of carbonyl (C=O) groups is 6. The molecule has 2 aromatic carbocycles. The van der Waals surface area contributed by atoms with Crippen molar-refractivity contribution in [1.82, 2.24) is 21.3 Å². The molecule has 2 rings (SSSR count). The van der Waals surface area contributed by atoms with Crippen molar-refractivity contribution in [2.75, 3.05) is 13.1 Å². The van der Waals surface area contributed by atoms with Crippen LogP contribution in [-0.2, 0) is 41.6 Å². The van der Waals surface area contributed by atoms with Crippen molar-refractivity contribution in [1.29, 1.82) is 0 Å². The molecule has 5 amide bonds. The standard InChI is InChI=1S/C28H38N6O6.C2H4O2/c1-17(2)12-22(26(30)38)34-28(40)23(14-18-6-4-3-5-7-18)33-25(37)16-31-24(36)15-32-27(39)21(29)13-19-8-10-20(35)11-9-19;1-2(3)4/h3-11,17,21-23,35H,12-16,29H2,1-2H3,(H2,30,38)(H,31,36)(H,32,39)(H,33,37)(H,34,40);1H3,(H,3,4)/t21-,22-,23-;/m0./s1. The zero-order valence-corrected chi connectivity index (χ0v) is 25.0. The van der Waals surface area contributed by atoms with Gasteiger partial charge < -0.3 is 42.9 Å². The molecular weight excluding hydrogens is 572 g/mol. The first-order chi connectivity index (χ1) is 20.7. The molecule has 2 aromatic rings. The fourth-order valence-corrected chi connectivity index (χ4v) is 3.81. The zero-order valence-electron chi connectivity index (χ0n) is 25.0. The van der Waals surface area contributed by atoms with E-state index in [0.717, 1.165) is 18.1 Å². The van der Waals surface area contributed by atoms with E-state index in [1.807, 2.05) is 19.9 Å². The number of carboxylic acids is 1. The fraction of sp³-hybridized carbons (Fsp3) is 0.400. The second-order valence-electron chi connectivity index (χ2n) is 10.4. The van der Waals surface area contributed by atoms with Crippen LogP contribution < -0.4 is 32.7 Å². The number of aliphatic carboxylic acids is 1. The lowest BCUT2D eigenvalue weighted by molar-refractivity contribution is -0.134. The average Bonchev–Trinajstić information content (AvgIpc) is 2.95. The Morgan fingerprint density at radius 2 is 1.30 bits per heavy atom. The van der Waals surface area contributed by atoms with Gasteiger partial charge in [0.25, 0.3) is 5.97 Å². The minimum Gasteiger partial charge on any atom is -0.508 e. The molecule has 0 saturated heterocycles. The number of nitrogens with two attached hydrogens (primary N) is 2. The van der Waals surface area contributed by atoms with Crippen LogP contribution in [-0.4, -0.2) is 76.9 Å². The van der Waals surface area contributed by atoms with Crippen LogP contribution in [0.25, 0.3) is 0 Å². The third-order valence-corrected chi connectivity index (χ3v) is 5.90. The largest absolute Gasteiger partial charge is 0.508 e. The van der Waals surface area contributed by atoms with Gasteiger partial charge in [-0.25, -0.2) is 0 Å². The molecule has 0 heterocycles. The van der Waals surface area contributed by atoms with Gasteiger partial charge in [-0.2, -0.15) is 0 Å². The van der Waals surface area contributed by atoms with E-state index in [1.54, 1.807) is 36.4 Å². The van der Waals surface area contributed by atoms with Gasteiger partial charge in [0, 0.05) is 13.3 Å². The minimum atomic E-state index is -1.03. The molecule has 0 aromatic heterocycles. The van der Waals surface area contributed by atoms with Crippen molar-refractivity contribution in [2.24, 2.45) is 17.4 Å².